The van der Waals surface area contributed by atoms with Crippen molar-refractivity contribution in [1.82, 2.24) is 0 Å². The van der Waals surface area contributed by atoms with Gasteiger partial charge >= 0.3 is 0 Å². The van der Waals surface area contributed by atoms with Crippen LogP contribution < -0.4 is 14.8 Å². The number of ether oxygens (including phenoxy) is 2. The summed E-state index contributed by atoms with van der Waals surface area (Å²) in [6.07, 6.45) is 0.957. The molecule has 1 amide bonds. The average Bonchev–Trinajstić information content (AvgIpc) is 2.64. The van der Waals surface area contributed by atoms with Gasteiger partial charge in [-0.2, -0.15) is 0 Å². The number of rotatable bonds is 10. The molecule has 0 fully saturated rings. The third kappa shape index (κ3) is 6.92. The minimum Gasteiger partial charge on any atom is -0.494 e. The summed E-state index contributed by atoms with van der Waals surface area (Å²) in [7, 11) is 0. The lowest BCUT2D eigenvalue weighted by Crippen LogP contribution is -2.15. The summed E-state index contributed by atoms with van der Waals surface area (Å²) < 4.78 is 37.0. The monoisotopic (exact) mass is 381 g/mol. The van der Waals surface area contributed by atoms with Crippen LogP contribution in [0.15, 0.2) is 42.5 Å². The number of carbonyl (C=O) groups is 1. The van der Waals surface area contributed by atoms with Gasteiger partial charge in [0, 0.05) is 17.5 Å². The molecule has 0 heterocycles. The van der Waals surface area contributed by atoms with E-state index in [2.05, 4.69) is 5.32 Å². The Morgan fingerprint density at radius 3 is 2.27 bits per heavy atom. The van der Waals surface area contributed by atoms with Crippen LogP contribution in [0.2, 0.25) is 0 Å². The molecule has 0 spiro atoms. The van der Waals surface area contributed by atoms with Crippen LogP contribution in [0.5, 0.6) is 11.5 Å². The van der Waals surface area contributed by atoms with E-state index in [9.17, 15) is 13.6 Å². The predicted molar refractivity (Wildman–Crippen MR) is 100 cm³/mol. The van der Waals surface area contributed by atoms with E-state index in [0.29, 0.717) is 19.0 Å². The van der Waals surface area contributed by atoms with Crippen molar-refractivity contribution in [3.63, 3.8) is 0 Å². The van der Waals surface area contributed by atoms with Gasteiger partial charge in [0.1, 0.15) is 11.5 Å². The van der Waals surface area contributed by atoms with Crippen molar-refractivity contribution in [2.45, 2.75) is 13.3 Å². The smallest absolute Gasteiger partial charge is 0.234 e. The molecular formula is C19H21F2NO3S. The first kappa shape index (κ1) is 20.0. The quantitative estimate of drug-likeness (QED) is 0.616. The average molecular weight is 381 g/mol. The van der Waals surface area contributed by atoms with Crippen molar-refractivity contribution in [3.8, 4) is 11.5 Å². The first-order valence-corrected chi connectivity index (χ1v) is 9.42. The molecule has 0 saturated heterocycles. The molecule has 1 N–H and O–H groups in total. The molecule has 0 atom stereocenters. The van der Waals surface area contributed by atoms with Crippen LogP contribution in [-0.4, -0.2) is 30.6 Å². The molecule has 0 aromatic heterocycles. The van der Waals surface area contributed by atoms with E-state index in [4.69, 9.17) is 9.47 Å². The number of nitrogens with one attached hydrogen (secondary N) is 1. The van der Waals surface area contributed by atoms with Crippen molar-refractivity contribution >= 4 is 23.4 Å². The standard InChI is InChI=1S/C19H21F2NO3S/c1-2-9-24-15-4-6-16(7-5-15)25-10-11-26-13-19(23)22-14-3-8-17(20)18(21)12-14/h3-8,12H,2,9-11,13H2,1H3,(H,22,23). The fourth-order valence-corrected chi connectivity index (χ4v) is 2.61. The van der Waals surface area contributed by atoms with Crippen LogP contribution in [0.25, 0.3) is 0 Å². The highest BCUT2D eigenvalue weighted by molar-refractivity contribution is 7.99. The minimum absolute atomic E-state index is 0.201. The van der Waals surface area contributed by atoms with E-state index in [-0.39, 0.29) is 17.3 Å². The molecule has 0 bridgehead atoms. The SMILES string of the molecule is CCCOc1ccc(OCCSCC(=O)Nc2ccc(F)c(F)c2)cc1. The Labute approximate surface area is 155 Å². The zero-order valence-corrected chi connectivity index (χ0v) is 15.3. The highest BCUT2D eigenvalue weighted by atomic mass is 32.2. The van der Waals surface area contributed by atoms with Crippen molar-refractivity contribution in [1.29, 1.82) is 0 Å². The van der Waals surface area contributed by atoms with Gasteiger partial charge in [-0.15, -0.1) is 11.8 Å². The lowest BCUT2D eigenvalue weighted by molar-refractivity contribution is -0.113. The highest BCUT2D eigenvalue weighted by Gasteiger charge is 2.06. The number of benzene rings is 2. The summed E-state index contributed by atoms with van der Waals surface area (Å²) in [4.78, 5) is 11.8. The van der Waals surface area contributed by atoms with Gasteiger partial charge in [-0.05, 0) is 42.8 Å². The molecule has 4 nitrogen and oxygen atoms in total. The van der Waals surface area contributed by atoms with E-state index in [1.54, 1.807) is 0 Å². The normalized spacial score (nSPS) is 10.4. The second-order valence-electron chi connectivity index (χ2n) is 5.40. The van der Waals surface area contributed by atoms with Crippen LogP contribution in [0.4, 0.5) is 14.5 Å². The van der Waals surface area contributed by atoms with Crippen molar-refractivity contribution < 1.29 is 23.0 Å². The topological polar surface area (TPSA) is 47.6 Å². The minimum atomic E-state index is -0.991. The van der Waals surface area contributed by atoms with Gasteiger partial charge in [-0.3, -0.25) is 4.79 Å². The van der Waals surface area contributed by atoms with Gasteiger partial charge in [-0.25, -0.2) is 8.78 Å². The summed E-state index contributed by atoms with van der Waals surface area (Å²) in [6, 6.07) is 10.6. The van der Waals surface area contributed by atoms with Gasteiger partial charge in [0.05, 0.1) is 19.0 Å². The molecule has 2 rings (SSSR count). The second kappa shape index (κ2) is 10.7. The maximum atomic E-state index is 13.1. The number of amides is 1. The third-order valence-electron chi connectivity index (χ3n) is 3.23. The maximum Gasteiger partial charge on any atom is 0.234 e. The Hall–Kier alpha value is -2.28. The molecular weight excluding hydrogens is 360 g/mol. The number of hydrogen-bond donors (Lipinski definition) is 1. The summed E-state index contributed by atoms with van der Waals surface area (Å²) in [5, 5.41) is 2.52. The first-order chi connectivity index (χ1) is 12.6. The number of carbonyl (C=O) groups excluding carboxylic acids is 1. The van der Waals surface area contributed by atoms with Crippen LogP contribution >= 0.6 is 11.8 Å². The third-order valence-corrected chi connectivity index (χ3v) is 4.15. The second-order valence-corrected chi connectivity index (χ2v) is 6.50. The first-order valence-electron chi connectivity index (χ1n) is 8.27. The Morgan fingerprint density at radius 2 is 1.65 bits per heavy atom. The molecule has 0 aliphatic rings. The Morgan fingerprint density at radius 1 is 1.00 bits per heavy atom. The summed E-state index contributed by atoms with van der Waals surface area (Å²) >= 11 is 1.39. The van der Waals surface area contributed by atoms with Gasteiger partial charge in [-0.1, -0.05) is 6.92 Å². The van der Waals surface area contributed by atoms with Crippen LogP contribution in [-0.2, 0) is 4.79 Å². The van der Waals surface area contributed by atoms with E-state index < -0.39 is 11.6 Å². The number of thioether (sulfide) groups is 1. The summed E-state index contributed by atoms with van der Waals surface area (Å²) in [5.74, 6) is 0.155. The largest absolute Gasteiger partial charge is 0.494 e. The molecule has 7 heteroatoms. The molecule has 0 aliphatic heterocycles. The highest BCUT2D eigenvalue weighted by Crippen LogP contribution is 2.18. The molecule has 2 aromatic rings. The molecule has 0 saturated carbocycles. The number of halogens is 2. The molecule has 0 unspecified atom stereocenters. The fourth-order valence-electron chi connectivity index (χ4n) is 2.01. The Balaban J connectivity index is 1.62. The van der Waals surface area contributed by atoms with E-state index in [1.807, 2.05) is 31.2 Å². The number of hydrogen-bond acceptors (Lipinski definition) is 4. The maximum absolute atomic E-state index is 13.1. The van der Waals surface area contributed by atoms with Gasteiger partial charge in [0.15, 0.2) is 11.6 Å². The van der Waals surface area contributed by atoms with Gasteiger partial charge in [0.2, 0.25) is 5.91 Å². The zero-order chi connectivity index (χ0) is 18.8. The van der Waals surface area contributed by atoms with Crippen LogP contribution in [0.1, 0.15) is 13.3 Å². The fraction of sp³-hybridized carbons (Fsp3) is 0.316. The Kier molecular flexibility index (Phi) is 8.21. The van der Waals surface area contributed by atoms with Gasteiger partial charge in [0.25, 0.3) is 0 Å². The molecule has 2 aromatic carbocycles. The molecule has 0 aliphatic carbocycles. The Bertz CT molecular complexity index is 710. The van der Waals surface area contributed by atoms with Crippen LogP contribution in [0, 0.1) is 11.6 Å². The zero-order valence-electron chi connectivity index (χ0n) is 14.5. The van der Waals surface area contributed by atoms with Crippen molar-refractivity contribution in [3.05, 3.63) is 54.1 Å². The molecule has 140 valence electrons. The lowest BCUT2D eigenvalue weighted by atomic mass is 10.3. The summed E-state index contributed by atoms with van der Waals surface area (Å²) in [5.41, 5.74) is 0.233. The van der Waals surface area contributed by atoms with Gasteiger partial charge < -0.3 is 14.8 Å². The van der Waals surface area contributed by atoms with Crippen molar-refractivity contribution in [2.24, 2.45) is 0 Å². The lowest BCUT2D eigenvalue weighted by Gasteiger charge is -2.08. The van der Waals surface area contributed by atoms with Crippen LogP contribution in [0.3, 0.4) is 0 Å². The number of anilines is 1. The van der Waals surface area contributed by atoms with E-state index in [1.165, 1.54) is 17.8 Å². The predicted octanol–water partition coefficient (Wildman–Crippen LogP) is 4.50. The van der Waals surface area contributed by atoms with E-state index >= 15 is 0 Å². The van der Waals surface area contributed by atoms with E-state index in [0.717, 1.165) is 30.1 Å². The molecule has 26 heavy (non-hydrogen) atoms. The van der Waals surface area contributed by atoms with Crippen molar-refractivity contribution in [2.75, 3.05) is 30.0 Å². The molecule has 0 radical (unpaired) electrons. The summed E-state index contributed by atoms with van der Waals surface area (Å²) in [6.45, 7) is 3.19.